The lowest BCUT2D eigenvalue weighted by Crippen LogP contribution is -2.18. The molecule has 0 amide bonds. The second kappa shape index (κ2) is 7.13. The summed E-state index contributed by atoms with van der Waals surface area (Å²) in [7, 11) is 2.47. The van der Waals surface area contributed by atoms with E-state index in [9.17, 15) is 0 Å². The molecule has 0 heterocycles. The molecule has 4 unspecified atom stereocenters. The first-order valence-corrected chi connectivity index (χ1v) is 7.49. The summed E-state index contributed by atoms with van der Waals surface area (Å²) >= 11 is 0. The van der Waals surface area contributed by atoms with Crippen LogP contribution in [0.5, 0.6) is 0 Å². The monoisotopic (exact) mass is 235 g/mol. The number of hydrogen-bond donors (Lipinski definition) is 1. The molecule has 1 aliphatic carbocycles. The minimum Gasteiger partial charge on any atom is -0.389 e. The molecule has 0 aliphatic heterocycles. The van der Waals surface area contributed by atoms with Gasteiger partial charge in [-0.2, -0.15) is 0 Å². The van der Waals surface area contributed by atoms with Crippen LogP contribution in [0, 0.1) is 17.8 Å². The summed E-state index contributed by atoms with van der Waals surface area (Å²) in [6, 6.07) is 0. The molecule has 0 radical (unpaired) electrons. The minimum absolute atomic E-state index is 0.940. The van der Waals surface area contributed by atoms with Crippen LogP contribution in [0.2, 0.25) is 5.82 Å². The van der Waals surface area contributed by atoms with Gasteiger partial charge in [0.25, 0.3) is 0 Å². The standard InChI is InChI=1S/C15H30BN/c1-5-12-10-15(16)14(13(12)6-2)8-7-9-17-11(3)4/h12-15,17H,3,5-10,16H2,1-2,4H3. The quantitative estimate of drug-likeness (QED) is 0.527. The Hall–Kier alpha value is -0.395. The van der Waals surface area contributed by atoms with Crippen LogP contribution in [0.3, 0.4) is 0 Å². The summed E-state index contributed by atoms with van der Waals surface area (Å²) < 4.78 is 0. The van der Waals surface area contributed by atoms with Gasteiger partial charge in [-0.05, 0) is 37.5 Å². The Kier molecular flexibility index (Phi) is 6.15. The molecule has 0 saturated heterocycles. The van der Waals surface area contributed by atoms with Gasteiger partial charge in [0.2, 0.25) is 0 Å². The minimum atomic E-state index is 0.940. The van der Waals surface area contributed by atoms with Crippen LogP contribution in [0.25, 0.3) is 0 Å². The van der Waals surface area contributed by atoms with Crippen LogP contribution < -0.4 is 5.32 Å². The Balaban J connectivity index is 2.37. The van der Waals surface area contributed by atoms with Gasteiger partial charge >= 0.3 is 0 Å². The van der Waals surface area contributed by atoms with Crippen molar-refractivity contribution in [3.05, 3.63) is 12.3 Å². The second-order valence-corrected chi connectivity index (χ2v) is 5.97. The zero-order chi connectivity index (χ0) is 12.8. The number of allylic oxidation sites excluding steroid dienone is 1. The summed E-state index contributed by atoms with van der Waals surface area (Å²) in [6.07, 6.45) is 6.92. The van der Waals surface area contributed by atoms with Gasteiger partial charge in [-0.3, -0.25) is 0 Å². The van der Waals surface area contributed by atoms with Crippen molar-refractivity contribution < 1.29 is 0 Å². The third-order valence-electron chi connectivity index (χ3n) is 4.70. The van der Waals surface area contributed by atoms with Crippen LogP contribution in [-0.2, 0) is 0 Å². The number of nitrogens with one attached hydrogen (secondary N) is 1. The normalized spacial score (nSPS) is 32.6. The third kappa shape index (κ3) is 4.08. The van der Waals surface area contributed by atoms with Crippen molar-refractivity contribution in [1.29, 1.82) is 0 Å². The largest absolute Gasteiger partial charge is 0.389 e. The van der Waals surface area contributed by atoms with Crippen LogP contribution in [0.4, 0.5) is 0 Å². The molecular formula is C15H30BN. The lowest BCUT2D eigenvalue weighted by Gasteiger charge is -2.24. The van der Waals surface area contributed by atoms with Gasteiger partial charge in [0.15, 0.2) is 0 Å². The van der Waals surface area contributed by atoms with Crippen LogP contribution in [-0.4, -0.2) is 14.4 Å². The SMILES string of the molecule is BC1CC(CC)C(CC)C1CCCNC(=C)C. The average Bonchev–Trinajstić information content (AvgIpc) is 2.60. The van der Waals surface area contributed by atoms with E-state index >= 15 is 0 Å². The Morgan fingerprint density at radius 2 is 2.00 bits per heavy atom. The van der Waals surface area contributed by atoms with E-state index in [-0.39, 0.29) is 0 Å². The Morgan fingerprint density at radius 3 is 2.53 bits per heavy atom. The predicted molar refractivity (Wildman–Crippen MR) is 80.0 cm³/mol. The Labute approximate surface area is 109 Å². The molecule has 1 N–H and O–H groups in total. The molecule has 1 saturated carbocycles. The number of hydrogen-bond acceptors (Lipinski definition) is 1. The van der Waals surface area contributed by atoms with Crippen molar-refractivity contribution >= 4 is 7.85 Å². The van der Waals surface area contributed by atoms with E-state index in [2.05, 4.69) is 33.6 Å². The summed E-state index contributed by atoms with van der Waals surface area (Å²) in [6.45, 7) is 11.8. The molecule has 4 atom stereocenters. The van der Waals surface area contributed by atoms with Crippen molar-refractivity contribution in [3.8, 4) is 0 Å². The predicted octanol–water partition coefficient (Wildman–Crippen LogP) is 3.38. The molecule has 98 valence electrons. The maximum atomic E-state index is 3.88. The fraction of sp³-hybridized carbons (Fsp3) is 0.867. The summed E-state index contributed by atoms with van der Waals surface area (Å²) in [5, 5.41) is 3.35. The van der Waals surface area contributed by atoms with E-state index in [1.54, 1.807) is 0 Å². The fourth-order valence-corrected chi connectivity index (χ4v) is 3.84. The molecule has 1 nitrogen and oxygen atoms in total. The van der Waals surface area contributed by atoms with Gasteiger partial charge in [-0.1, -0.05) is 45.5 Å². The summed E-state index contributed by atoms with van der Waals surface area (Å²) in [5.41, 5.74) is 1.10. The first-order valence-electron chi connectivity index (χ1n) is 7.49. The third-order valence-corrected chi connectivity index (χ3v) is 4.70. The molecule has 2 heteroatoms. The molecule has 0 spiro atoms. The van der Waals surface area contributed by atoms with E-state index in [0.717, 1.165) is 35.8 Å². The lowest BCUT2D eigenvalue weighted by atomic mass is 9.74. The van der Waals surface area contributed by atoms with E-state index in [1.807, 2.05) is 6.92 Å². The molecular weight excluding hydrogens is 205 g/mol. The van der Waals surface area contributed by atoms with Crippen LogP contribution in [0.15, 0.2) is 12.3 Å². The van der Waals surface area contributed by atoms with E-state index in [4.69, 9.17) is 0 Å². The van der Waals surface area contributed by atoms with Gasteiger partial charge in [0, 0.05) is 12.2 Å². The summed E-state index contributed by atoms with van der Waals surface area (Å²) in [4.78, 5) is 0. The smallest absolute Gasteiger partial charge is 0.105 e. The highest BCUT2D eigenvalue weighted by Crippen LogP contribution is 2.48. The average molecular weight is 235 g/mol. The van der Waals surface area contributed by atoms with E-state index in [0.29, 0.717) is 0 Å². The van der Waals surface area contributed by atoms with Crippen molar-refractivity contribution in [2.75, 3.05) is 6.54 Å². The molecule has 0 aromatic heterocycles. The number of rotatable bonds is 7. The van der Waals surface area contributed by atoms with Crippen molar-refractivity contribution in [2.45, 2.75) is 58.7 Å². The first-order chi connectivity index (χ1) is 8.10. The highest BCUT2D eigenvalue weighted by atomic mass is 14.9. The molecule has 0 bridgehead atoms. The van der Waals surface area contributed by atoms with Gasteiger partial charge in [-0.25, -0.2) is 0 Å². The topological polar surface area (TPSA) is 12.0 Å². The highest BCUT2D eigenvalue weighted by Gasteiger charge is 2.37. The van der Waals surface area contributed by atoms with Crippen LogP contribution in [0.1, 0.15) is 52.9 Å². The van der Waals surface area contributed by atoms with E-state index < -0.39 is 0 Å². The van der Waals surface area contributed by atoms with Gasteiger partial charge in [0.1, 0.15) is 7.85 Å². The fourth-order valence-electron chi connectivity index (χ4n) is 3.84. The van der Waals surface area contributed by atoms with Gasteiger partial charge < -0.3 is 5.32 Å². The maximum Gasteiger partial charge on any atom is 0.105 e. The Morgan fingerprint density at radius 1 is 1.29 bits per heavy atom. The lowest BCUT2D eigenvalue weighted by molar-refractivity contribution is 0.279. The van der Waals surface area contributed by atoms with Crippen molar-refractivity contribution in [3.63, 3.8) is 0 Å². The molecule has 1 rings (SSSR count). The molecule has 0 aromatic rings. The van der Waals surface area contributed by atoms with Gasteiger partial charge in [-0.15, -0.1) is 0 Å². The molecule has 1 aliphatic rings. The van der Waals surface area contributed by atoms with Crippen molar-refractivity contribution in [2.24, 2.45) is 17.8 Å². The maximum absolute atomic E-state index is 3.88. The summed E-state index contributed by atoms with van der Waals surface area (Å²) in [5.74, 6) is 3.89. The zero-order valence-electron chi connectivity index (χ0n) is 12.3. The highest BCUT2D eigenvalue weighted by molar-refractivity contribution is 6.12. The Bertz CT molecular complexity index is 239. The second-order valence-electron chi connectivity index (χ2n) is 5.97. The van der Waals surface area contributed by atoms with Crippen LogP contribution >= 0.6 is 0 Å². The molecule has 0 aromatic carbocycles. The zero-order valence-corrected chi connectivity index (χ0v) is 12.3. The van der Waals surface area contributed by atoms with Gasteiger partial charge in [0.05, 0.1) is 0 Å². The first kappa shape index (κ1) is 14.7. The molecule has 17 heavy (non-hydrogen) atoms. The van der Waals surface area contributed by atoms with Crippen molar-refractivity contribution in [1.82, 2.24) is 5.32 Å². The molecule has 1 fully saturated rings. The van der Waals surface area contributed by atoms with E-state index in [1.165, 1.54) is 32.1 Å².